The summed E-state index contributed by atoms with van der Waals surface area (Å²) in [6, 6.07) is 0.882. The molecule has 0 bridgehead atoms. The zero-order valence-corrected chi connectivity index (χ0v) is 22.5. The van der Waals surface area contributed by atoms with E-state index < -0.39 is 88.8 Å². The molecule has 0 aromatic rings. The number of amides is 1. The van der Waals surface area contributed by atoms with E-state index >= 15 is 0 Å². The van der Waals surface area contributed by atoms with Gasteiger partial charge in [0.1, 0.15) is 48.8 Å². The van der Waals surface area contributed by atoms with Crippen LogP contribution in [0.4, 0.5) is 4.79 Å². The first-order chi connectivity index (χ1) is 17.4. The van der Waals surface area contributed by atoms with Crippen molar-refractivity contribution in [2.24, 2.45) is 0 Å². The number of ether oxygens (including phenoxy) is 5. The fourth-order valence-electron chi connectivity index (χ4n) is 3.81. The van der Waals surface area contributed by atoms with Gasteiger partial charge >= 0.3 is 6.09 Å². The molecule has 2 heterocycles. The van der Waals surface area contributed by atoms with Crippen molar-refractivity contribution < 1.29 is 64.2 Å². The van der Waals surface area contributed by atoms with E-state index in [1.807, 2.05) is 0 Å². The first-order valence-corrected chi connectivity index (χ1v) is 16.2. The van der Waals surface area contributed by atoms with Gasteiger partial charge < -0.3 is 64.7 Å². The van der Waals surface area contributed by atoms with Gasteiger partial charge in [0.2, 0.25) is 0 Å². The molecule has 0 radical (unpaired) electrons. The molecule has 1 unspecified atom stereocenters. The molecule has 2 aliphatic rings. The van der Waals surface area contributed by atoms with E-state index in [1.165, 1.54) is 0 Å². The molecule has 37 heavy (non-hydrogen) atoms. The van der Waals surface area contributed by atoms with Crippen LogP contribution in [-0.2, 0) is 23.7 Å². The number of alkyl carbamates (subject to hydrolysis) is 1. The Kier molecular flexibility index (Phi) is 13.1. The number of aliphatic hydroxyl groups excluding tert-OH is 7. The normalized spacial score (nSPS) is 36.8. The Morgan fingerprint density at radius 3 is 2.05 bits per heavy atom. The molecule has 0 aromatic carbocycles. The van der Waals surface area contributed by atoms with Gasteiger partial charge in [0.05, 0.1) is 19.8 Å². The van der Waals surface area contributed by atoms with E-state index in [1.54, 1.807) is 0 Å². The lowest BCUT2D eigenvalue weighted by molar-refractivity contribution is -0.359. The van der Waals surface area contributed by atoms with Gasteiger partial charge in [-0.2, -0.15) is 0 Å². The van der Waals surface area contributed by atoms with Crippen LogP contribution in [0, 0.1) is 0 Å². The predicted octanol–water partition coefficient (Wildman–Crippen LogP) is -2.53. The molecule has 2 rings (SSSR count). The summed E-state index contributed by atoms with van der Waals surface area (Å²) in [6.45, 7) is 6.12. The number of hydrogen-bond donors (Lipinski definition) is 8. The minimum atomic E-state index is -1.73. The van der Waals surface area contributed by atoms with Crippen LogP contribution >= 0.6 is 0 Å². The quantitative estimate of drug-likeness (QED) is 0.0867. The molecule has 0 spiro atoms. The molecule has 0 aromatic heterocycles. The molecule has 14 nitrogen and oxygen atoms in total. The highest BCUT2D eigenvalue weighted by Gasteiger charge is 2.50. The summed E-state index contributed by atoms with van der Waals surface area (Å²) in [4.78, 5) is 11.7. The van der Waals surface area contributed by atoms with Crippen LogP contribution in [-0.4, -0.2) is 144 Å². The largest absolute Gasteiger partial charge is 0.450 e. The lowest BCUT2D eigenvalue weighted by Crippen LogP contribution is -2.64. The average Bonchev–Trinajstić information content (AvgIpc) is 2.84. The van der Waals surface area contributed by atoms with Crippen LogP contribution in [0.3, 0.4) is 0 Å². The fourth-order valence-corrected chi connectivity index (χ4v) is 4.53. The van der Waals surface area contributed by atoms with E-state index in [4.69, 9.17) is 23.7 Å². The van der Waals surface area contributed by atoms with Crippen molar-refractivity contribution in [3.63, 3.8) is 0 Å². The summed E-state index contributed by atoms with van der Waals surface area (Å²) >= 11 is 0. The molecule has 2 saturated heterocycles. The van der Waals surface area contributed by atoms with Crippen LogP contribution in [0.2, 0.25) is 25.7 Å². The third-order valence-electron chi connectivity index (χ3n) is 6.17. The highest BCUT2D eigenvalue weighted by atomic mass is 28.3. The van der Waals surface area contributed by atoms with E-state index in [0.717, 1.165) is 6.04 Å². The van der Waals surface area contributed by atoms with Crippen molar-refractivity contribution >= 4 is 14.2 Å². The number of rotatable bonds is 13. The highest BCUT2D eigenvalue weighted by Crippen LogP contribution is 2.29. The van der Waals surface area contributed by atoms with Gasteiger partial charge in [-0.3, -0.25) is 0 Å². The topological polar surface area (TPSA) is 217 Å². The Labute approximate surface area is 217 Å². The fraction of sp³-hybridized carbons (Fsp3) is 0.955. The molecular weight excluding hydrogens is 514 g/mol. The number of carbonyl (C=O) groups is 1. The van der Waals surface area contributed by atoms with Crippen molar-refractivity contribution in [1.29, 1.82) is 0 Å². The second kappa shape index (κ2) is 15.0. The predicted molar refractivity (Wildman–Crippen MR) is 129 cm³/mol. The van der Waals surface area contributed by atoms with Crippen molar-refractivity contribution in [3.8, 4) is 0 Å². The van der Waals surface area contributed by atoms with Gasteiger partial charge in [0.15, 0.2) is 12.6 Å². The van der Waals surface area contributed by atoms with Gasteiger partial charge in [-0.05, 0) is 18.9 Å². The van der Waals surface area contributed by atoms with Crippen LogP contribution in [0.25, 0.3) is 0 Å². The number of unbranched alkanes of at least 4 members (excludes halogenated alkanes) is 1. The number of hydrogen-bond acceptors (Lipinski definition) is 13. The molecule has 8 N–H and O–H groups in total. The Balaban J connectivity index is 1.76. The summed E-state index contributed by atoms with van der Waals surface area (Å²) in [7, 11) is -1.28. The lowest BCUT2D eigenvalue weighted by Gasteiger charge is -2.45. The van der Waals surface area contributed by atoms with Crippen LogP contribution in [0.5, 0.6) is 0 Å². The summed E-state index contributed by atoms with van der Waals surface area (Å²) < 4.78 is 26.9. The minimum absolute atomic E-state index is 0.122. The molecule has 218 valence electrons. The number of nitrogens with one attached hydrogen (secondary N) is 1. The first-order valence-electron chi connectivity index (χ1n) is 12.5. The first kappa shape index (κ1) is 32.3. The number of aliphatic hydroxyl groups is 7. The van der Waals surface area contributed by atoms with Gasteiger partial charge in [-0.1, -0.05) is 19.6 Å². The molecule has 2 fully saturated rings. The zero-order valence-electron chi connectivity index (χ0n) is 21.5. The SMILES string of the molecule is C[Si](C)(C)CCOC(=O)NCCCCOC1O[C@H](CO)[C@@H](O[C@@H]2O[C@H](CO)[C@H](O)[C@H](O)[C@H]2O)[C@H](O)[C@H]1O. The van der Waals surface area contributed by atoms with Crippen molar-refractivity contribution in [1.82, 2.24) is 5.32 Å². The summed E-state index contributed by atoms with van der Waals surface area (Å²) in [5.74, 6) is 0. The van der Waals surface area contributed by atoms with Crippen molar-refractivity contribution in [2.75, 3.05) is 33.0 Å². The third-order valence-corrected chi connectivity index (χ3v) is 7.87. The Morgan fingerprint density at radius 2 is 1.43 bits per heavy atom. The van der Waals surface area contributed by atoms with Gasteiger partial charge in [0, 0.05) is 21.2 Å². The van der Waals surface area contributed by atoms with Crippen LogP contribution in [0.15, 0.2) is 0 Å². The maximum absolute atomic E-state index is 11.7. The standard InChI is InChI=1S/C22H43NO13Si/c1-37(2,3)9-8-33-22(31)23-6-4-5-7-32-20-18(30)16(28)19(13(11-25)35-20)36-21-17(29)15(27)14(26)12(10-24)34-21/h12-21,24-30H,4-11H2,1-3H3,(H,23,31)/t12-,13-,14+,15+,16-,17-,18-,19-,20?,21+/m1/s1. The van der Waals surface area contributed by atoms with Gasteiger partial charge in [-0.25, -0.2) is 4.79 Å². The second-order valence-electron chi connectivity index (χ2n) is 10.5. The molecular formula is C22H43NO13Si. The maximum Gasteiger partial charge on any atom is 0.407 e. The highest BCUT2D eigenvalue weighted by molar-refractivity contribution is 6.76. The molecule has 0 aliphatic carbocycles. The second-order valence-corrected chi connectivity index (χ2v) is 16.1. The van der Waals surface area contributed by atoms with E-state index in [9.17, 15) is 40.5 Å². The zero-order chi connectivity index (χ0) is 27.8. The van der Waals surface area contributed by atoms with Crippen molar-refractivity contribution in [2.45, 2.75) is 99.9 Å². The molecule has 1 amide bonds. The minimum Gasteiger partial charge on any atom is -0.450 e. The lowest BCUT2D eigenvalue weighted by atomic mass is 9.97. The van der Waals surface area contributed by atoms with Crippen LogP contribution in [0.1, 0.15) is 12.8 Å². The smallest absolute Gasteiger partial charge is 0.407 e. The molecule has 10 atom stereocenters. The van der Waals surface area contributed by atoms with E-state index in [-0.39, 0.29) is 6.61 Å². The number of carbonyl (C=O) groups excluding carboxylic acids is 1. The summed E-state index contributed by atoms with van der Waals surface area (Å²) in [5, 5.41) is 72.7. The van der Waals surface area contributed by atoms with Crippen LogP contribution < -0.4 is 5.32 Å². The van der Waals surface area contributed by atoms with Crippen molar-refractivity contribution in [3.05, 3.63) is 0 Å². The summed E-state index contributed by atoms with van der Waals surface area (Å²) in [5.41, 5.74) is 0. The van der Waals surface area contributed by atoms with E-state index in [2.05, 4.69) is 25.0 Å². The maximum atomic E-state index is 11.7. The average molecular weight is 558 g/mol. The Bertz CT molecular complexity index is 679. The Morgan fingerprint density at radius 1 is 0.811 bits per heavy atom. The molecule has 15 heteroatoms. The van der Waals surface area contributed by atoms with Gasteiger partial charge in [0.25, 0.3) is 0 Å². The monoisotopic (exact) mass is 557 g/mol. The van der Waals surface area contributed by atoms with E-state index in [0.29, 0.717) is 26.0 Å². The Hall–Kier alpha value is -0.953. The molecule has 2 aliphatic heterocycles. The van der Waals surface area contributed by atoms with Gasteiger partial charge in [-0.15, -0.1) is 0 Å². The molecule has 0 saturated carbocycles. The summed E-state index contributed by atoms with van der Waals surface area (Å²) in [6.07, 6.45) is -14.4. The third kappa shape index (κ3) is 9.63.